The molecular weight excluding hydrogens is 304 g/mol. The van der Waals surface area contributed by atoms with Gasteiger partial charge in [0.2, 0.25) is 5.91 Å². The first kappa shape index (κ1) is 16.3. The first-order chi connectivity index (χ1) is 11.0. The normalized spacial score (nSPS) is 28.7. The second-order valence-corrected chi connectivity index (χ2v) is 6.31. The number of hydrogen-bond acceptors (Lipinski definition) is 3. The summed E-state index contributed by atoms with van der Waals surface area (Å²) in [7, 11) is 0. The van der Waals surface area contributed by atoms with Gasteiger partial charge in [-0.3, -0.25) is 4.79 Å². The third kappa shape index (κ3) is 3.70. The minimum atomic E-state index is -0.648. The summed E-state index contributed by atoms with van der Waals surface area (Å²) >= 11 is 0. The number of carbonyl (C=O) groups excluding carboxylic acids is 1. The van der Waals surface area contributed by atoms with E-state index in [4.69, 9.17) is 4.74 Å². The van der Waals surface area contributed by atoms with E-state index in [1.54, 1.807) is 4.90 Å². The van der Waals surface area contributed by atoms with Crippen LogP contribution < -0.4 is 0 Å². The fourth-order valence-electron chi connectivity index (χ4n) is 3.38. The lowest BCUT2D eigenvalue weighted by atomic mass is 9.86. The maximum atomic E-state index is 13.9. The zero-order valence-corrected chi connectivity index (χ0v) is 12.9. The molecule has 0 aromatic heterocycles. The van der Waals surface area contributed by atoms with E-state index in [1.807, 2.05) is 0 Å². The third-order valence-corrected chi connectivity index (χ3v) is 4.73. The number of ether oxygens (including phenoxy) is 1. The molecule has 0 spiro atoms. The molecule has 1 aromatic carbocycles. The largest absolute Gasteiger partial charge is 0.393 e. The van der Waals surface area contributed by atoms with Gasteiger partial charge < -0.3 is 14.7 Å². The van der Waals surface area contributed by atoms with Crippen LogP contribution in [0.1, 0.15) is 37.4 Å². The average Bonchev–Trinajstić information content (AvgIpc) is 2.55. The lowest BCUT2D eigenvalue weighted by Crippen LogP contribution is -2.46. The van der Waals surface area contributed by atoms with Gasteiger partial charge in [0, 0.05) is 24.1 Å². The number of amides is 1. The van der Waals surface area contributed by atoms with Crippen LogP contribution in [0.15, 0.2) is 18.2 Å². The highest BCUT2D eigenvalue weighted by Crippen LogP contribution is 2.29. The molecule has 2 aliphatic rings. The van der Waals surface area contributed by atoms with Crippen molar-refractivity contribution in [2.24, 2.45) is 5.92 Å². The summed E-state index contributed by atoms with van der Waals surface area (Å²) in [6.45, 7) is 1.10. The molecule has 1 unspecified atom stereocenters. The Morgan fingerprint density at radius 1 is 1.22 bits per heavy atom. The van der Waals surface area contributed by atoms with E-state index >= 15 is 0 Å². The van der Waals surface area contributed by atoms with E-state index < -0.39 is 17.7 Å². The van der Waals surface area contributed by atoms with Gasteiger partial charge in [-0.2, -0.15) is 0 Å². The Kier molecular flexibility index (Phi) is 4.92. The summed E-state index contributed by atoms with van der Waals surface area (Å²) in [5.41, 5.74) is 0.281. The number of nitrogens with zero attached hydrogens (tertiary/aromatic N) is 1. The molecule has 3 rings (SSSR count). The van der Waals surface area contributed by atoms with Crippen LogP contribution >= 0.6 is 0 Å². The van der Waals surface area contributed by atoms with E-state index in [0.29, 0.717) is 38.8 Å². The zero-order chi connectivity index (χ0) is 16.4. The van der Waals surface area contributed by atoms with Crippen LogP contribution in [0.3, 0.4) is 0 Å². The quantitative estimate of drug-likeness (QED) is 0.908. The molecule has 126 valence electrons. The molecule has 1 atom stereocenters. The average molecular weight is 325 g/mol. The molecule has 2 fully saturated rings. The number of aliphatic hydroxyl groups excluding tert-OH is 1. The summed E-state index contributed by atoms with van der Waals surface area (Å²) in [4.78, 5) is 14.3. The van der Waals surface area contributed by atoms with E-state index in [2.05, 4.69) is 0 Å². The van der Waals surface area contributed by atoms with Gasteiger partial charge in [0.15, 0.2) is 0 Å². The monoisotopic (exact) mass is 325 g/mol. The maximum Gasteiger partial charge on any atom is 0.225 e. The molecule has 4 nitrogen and oxygen atoms in total. The number of carbonyl (C=O) groups is 1. The first-order valence-corrected chi connectivity index (χ1v) is 8.08. The molecule has 23 heavy (non-hydrogen) atoms. The van der Waals surface area contributed by atoms with Gasteiger partial charge in [0.25, 0.3) is 0 Å². The first-order valence-electron chi connectivity index (χ1n) is 8.08. The lowest BCUT2D eigenvalue weighted by molar-refractivity contribution is -0.145. The standard InChI is InChI=1S/C17H21F2NO3/c18-12-3-6-14(15(19)9-12)16-10-20(7-8-23-16)17(22)11-1-4-13(21)5-2-11/h3,6,9,11,13,16,21H,1-2,4-5,7-8,10H2. The van der Waals surface area contributed by atoms with Crippen LogP contribution in [0.4, 0.5) is 8.78 Å². The van der Waals surface area contributed by atoms with Crippen molar-refractivity contribution in [2.75, 3.05) is 19.7 Å². The number of hydrogen-bond donors (Lipinski definition) is 1. The fourth-order valence-corrected chi connectivity index (χ4v) is 3.38. The molecule has 1 saturated heterocycles. The molecule has 1 aliphatic heterocycles. The third-order valence-electron chi connectivity index (χ3n) is 4.73. The highest BCUT2D eigenvalue weighted by atomic mass is 19.1. The van der Waals surface area contributed by atoms with Gasteiger partial charge in [0.1, 0.15) is 17.7 Å². The summed E-state index contributed by atoms with van der Waals surface area (Å²) < 4.78 is 32.5. The van der Waals surface area contributed by atoms with Crippen molar-refractivity contribution in [3.05, 3.63) is 35.4 Å². The van der Waals surface area contributed by atoms with Crippen molar-refractivity contribution >= 4 is 5.91 Å². The van der Waals surface area contributed by atoms with Gasteiger partial charge in [-0.1, -0.05) is 6.07 Å². The van der Waals surface area contributed by atoms with E-state index in [9.17, 15) is 18.7 Å². The SMILES string of the molecule is O=C(C1CCC(O)CC1)N1CCOC(c2ccc(F)cc2F)C1. The Morgan fingerprint density at radius 2 is 1.96 bits per heavy atom. The predicted molar refractivity (Wildman–Crippen MR) is 79.6 cm³/mol. The number of halogens is 2. The summed E-state index contributed by atoms with van der Waals surface area (Å²) in [6, 6.07) is 3.41. The van der Waals surface area contributed by atoms with Crippen LogP contribution in [0.5, 0.6) is 0 Å². The zero-order valence-electron chi connectivity index (χ0n) is 12.9. The molecular formula is C17H21F2NO3. The minimum absolute atomic E-state index is 0.0488. The molecule has 1 heterocycles. The van der Waals surface area contributed by atoms with Gasteiger partial charge >= 0.3 is 0 Å². The fraction of sp³-hybridized carbons (Fsp3) is 0.588. The highest BCUT2D eigenvalue weighted by molar-refractivity contribution is 5.79. The molecule has 0 radical (unpaired) electrons. The maximum absolute atomic E-state index is 13.9. The molecule has 1 saturated carbocycles. The van der Waals surface area contributed by atoms with E-state index in [-0.39, 0.29) is 30.0 Å². The molecule has 1 amide bonds. The number of rotatable bonds is 2. The smallest absolute Gasteiger partial charge is 0.225 e. The number of aliphatic hydroxyl groups is 1. The van der Waals surface area contributed by atoms with Gasteiger partial charge in [-0.25, -0.2) is 8.78 Å². The molecule has 6 heteroatoms. The Bertz CT molecular complexity index is 573. The predicted octanol–water partition coefficient (Wildman–Crippen LogP) is 2.42. The van der Waals surface area contributed by atoms with Crippen molar-refractivity contribution in [1.82, 2.24) is 4.90 Å². The molecule has 1 N–H and O–H groups in total. The van der Waals surface area contributed by atoms with Crippen LogP contribution in [-0.4, -0.2) is 41.7 Å². The van der Waals surface area contributed by atoms with Crippen LogP contribution in [0.25, 0.3) is 0 Å². The van der Waals surface area contributed by atoms with Gasteiger partial charge in [0.05, 0.1) is 19.3 Å². The lowest BCUT2D eigenvalue weighted by Gasteiger charge is -2.36. The molecule has 0 bridgehead atoms. The minimum Gasteiger partial charge on any atom is -0.393 e. The van der Waals surface area contributed by atoms with E-state index in [1.165, 1.54) is 12.1 Å². The number of benzene rings is 1. The number of morpholine rings is 1. The molecule has 1 aromatic rings. The Labute approximate surface area is 134 Å². The Balaban J connectivity index is 1.67. The van der Waals surface area contributed by atoms with E-state index in [0.717, 1.165) is 6.07 Å². The van der Waals surface area contributed by atoms with Crippen molar-refractivity contribution in [3.63, 3.8) is 0 Å². The summed E-state index contributed by atoms with van der Waals surface area (Å²) in [5, 5.41) is 9.55. The van der Waals surface area contributed by atoms with Crippen molar-refractivity contribution in [1.29, 1.82) is 0 Å². The molecule has 1 aliphatic carbocycles. The topological polar surface area (TPSA) is 49.8 Å². The summed E-state index contributed by atoms with van der Waals surface area (Å²) in [6.07, 6.45) is 1.81. The van der Waals surface area contributed by atoms with Crippen LogP contribution in [0, 0.1) is 17.6 Å². The Morgan fingerprint density at radius 3 is 2.65 bits per heavy atom. The second kappa shape index (κ2) is 6.93. The van der Waals surface area contributed by atoms with Crippen LogP contribution in [0.2, 0.25) is 0 Å². The van der Waals surface area contributed by atoms with Crippen molar-refractivity contribution < 1.29 is 23.4 Å². The Hall–Kier alpha value is -1.53. The summed E-state index contributed by atoms with van der Waals surface area (Å²) in [5.74, 6) is -1.30. The van der Waals surface area contributed by atoms with Crippen molar-refractivity contribution in [2.45, 2.75) is 37.9 Å². The van der Waals surface area contributed by atoms with Gasteiger partial charge in [-0.05, 0) is 31.7 Å². The second-order valence-electron chi connectivity index (χ2n) is 6.31. The van der Waals surface area contributed by atoms with Crippen LogP contribution in [-0.2, 0) is 9.53 Å². The van der Waals surface area contributed by atoms with Gasteiger partial charge in [-0.15, -0.1) is 0 Å². The highest BCUT2D eigenvalue weighted by Gasteiger charge is 2.33. The van der Waals surface area contributed by atoms with Crippen molar-refractivity contribution in [3.8, 4) is 0 Å².